The molecule has 1 N–H and O–H groups in total. The van der Waals surface area contributed by atoms with Gasteiger partial charge in [-0.1, -0.05) is 65.6 Å². The zero-order valence-electron chi connectivity index (χ0n) is 15.1. The third-order valence-electron chi connectivity index (χ3n) is 6.04. The van der Waals surface area contributed by atoms with E-state index in [1.807, 2.05) is 24.3 Å². The van der Waals surface area contributed by atoms with Crippen LogP contribution in [0.3, 0.4) is 0 Å². The fraction of sp³-hybridized carbons (Fsp3) is 0.364. The van der Waals surface area contributed by atoms with E-state index in [1.54, 1.807) is 0 Å². The quantitative estimate of drug-likeness (QED) is 0.657. The molecule has 0 aliphatic heterocycles. The normalized spacial score (nSPS) is 23.0. The van der Waals surface area contributed by atoms with Crippen molar-refractivity contribution in [2.75, 3.05) is 6.54 Å². The second-order valence-corrected chi connectivity index (χ2v) is 8.18. The van der Waals surface area contributed by atoms with Crippen molar-refractivity contribution in [1.82, 2.24) is 15.5 Å². The molecule has 138 valence electrons. The van der Waals surface area contributed by atoms with Gasteiger partial charge in [-0.2, -0.15) is 4.98 Å². The lowest BCUT2D eigenvalue weighted by Gasteiger charge is -2.39. The zero-order valence-corrected chi connectivity index (χ0v) is 15.8. The molecule has 27 heavy (non-hydrogen) atoms. The lowest BCUT2D eigenvalue weighted by Crippen LogP contribution is -2.45. The van der Waals surface area contributed by atoms with Crippen molar-refractivity contribution in [3.63, 3.8) is 0 Å². The Morgan fingerprint density at radius 1 is 1.07 bits per heavy atom. The van der Waals surface area contributed by atoms with Crippen molar-refractivity contribution in [2.45, 2.75) is 43.1 Å². The van der Waals surface area contributed by atoms with Crippen LogP contribution in [0.15, 0.2) is 59.1 Å². The van der Waals surface area contributed by atoms with Gasteiger partial charge < -0.3 is 9.84 Å². The summed E-state index contributed by atoms with van der Waals surface area (Å²) in [5.41, 5.74) is 2.22. The molecule has 2 saturated carbocycles. The highest BCUT2D eigenvalue weighted by atomic mass is 35.5. The predicted octanol–water partition coefficient (Wildman–Crippen LogP) is 4.96. The van der Waals surface area contributed by atoms with Gasteiger partial charge in [0.05, 0.1) is 10.6 Å². The molecule has 2 fully saturated rings. The van der Waals surface area contributed by atoms with Crippen molar-refractivity contribution in [2.24, 2.45) is 0 Å². The molecule has 5 heteroatoms. The summed E-state index contributed by atoms with van der Waals surface area (Å²) < 4.78 is 5.55. The molecule has 2 atom stereocenters. The number of aromatic nitrogens is 2. The molecule has 2 aliphatic rings. The topological polar surface area (TPSA) is 51.0 Å². The molecule has 0 amide bonds. The van der Waals surface area contributed by atoms with Crippen LogP contribution in [0.2, 0.25) is 5.02 Å². The Labute approximate surface area is 163 Å². The maximum absolute atomic E-state index is 6.28. The van der Waals surface area contributed by atoms with Crippen molar-refractivity contribution in [3.8, 4) is 11.5 Å². The Morgan fingerprint density at radius 2 is 1.85 bits per heavy atom. The largest absolute Gasteiger partial charge is 0.334 e. The third-order valence-corrected chi connectivity index (χ3v) is 6.37. The number of halogens is 1. The number of nitrogens with one attached hydrogen (secondary N) is 1. The molecule has 3 aromatic rings. The average Bonchev–Trinajstić information content (AvgIpc) is 3.28. The number of hydrogen-bond donors (Lipinski definition) is 1. The van der Waals surface area contributed by atoms with E-state index in [2.05, 4.69) is 40.8 Å². The maximum atomic E-state index is 6.28. The smallest absolute Gasteiger partial charge is 0.259 e. The minimum atomic E-state index is -0.00711. The molecule has 2 unspecified atom stereocenters. The van der Waals surface area contributed by atoms with E-state index >= 15 is 0 Å². The van der Waals surface area contributed by atoms with Gasteiger partial charge in [-0.05, 0) is 37.0 Å². The Balaban J connectivity index is 1.29. The molecule has 2 aromatic carbocycles. The first-order chi connectivity index (χ1) is 13.3. The first-order valence-electron chi connectivity index (χ1n) is 9.63. The lowest BCUT2D eigenvalue weighted by atomic mass is 9.68. The molecule has 0 saturated heterocycles. The molecule has 4 nitrogen and oxygen atoms in total. The summed E-state index contributed by atoms with van der Waals surface area (Å²) in [6.45, 7) is 0.905. The Bertz CT molecular complexity index is 935. The standard InChI is InChI=1S/C22H22ClN3O/c23-18-10-5-4-9-16(18)20-25-21(26-27-20)22(11-6-12-22)14-24-19-13-17(19)15-7-2-1-3-8-15/h1-5,7-10,17,19,24H,6,11-14H2. The van der Waals surface area contributed by atoms with Gasteiger partial charge in [0.15, 0.2) is 5.82 Å². The monoisotopic (exact) mass is 379 g/mol. The number of rotatable bonds is 6. The van der Waals surface area contributed by atoms with Crippen LogP contribution in [0.5, 0.6) is 0 Å². The number of hydrogen-bond acceptors (Lipinski definition) is 4. The van der Waals surface area contributed by atoms with Gasteiger partial charge in [-0.3, -0.25) is 0 Å². The van der Waals surface area contributed by atoms with Gasteiger partial charge in [0.25, 0.3) is 5.89 Å². The first-order valence-corrected chi connectivity index (χ1v) is 10.0. The molecule has 5 rings (SSSR count). The fourth-order valence-electron chi connectivity index (χ4n) is 4.08. The van der Waals surface area contributed by atoms with Crippen LogP contribution in [-0.2, 0) is 5.41 Å². The van der Waals surface area contributed by atoms with E-state index in [4.69, 9.17) is 21.1 Å². The maximum Gasteiger partial charge on any atom is 0.259 e. The van der Waals surface area contributed by atoms with E-state index in [9.17, 15) is 0 Å². The van der Waals surface area contributed by atoms with Crippen molar-refractivity contribution in [1.29, 1.82) is 0 Å². The second-order valence-electron chi connectivity index (χ2n) is 7.78. The summed E-state index contributed by atoms with van der Waals surface area (Å²) in [7, 11) is 0. The Kier molecular flexibility index (Phi) is 4.25. The van der Waals surface area contributed by atoms with Crippen molar-refractivity contribution in [3.05, 3.63) is 71.0 Å². The minimum absolute atomic E-state index is 0.00711. The van der Waals surface area contributed by atoms with Crippen LogP contribution >= 0.6 is 11.6 Å². The molecule has 2 aliphatic carbocycles. The summed E-state index contributed by atoms with van der Waals surface area (Å²) in [6.07, 6.45) is 4.62. The van der Waals surface area contributed by atoms with Gasteiger partial charge in [0, 0.05) is 23.9 Å². The van der Waals surface area contributed by atoms with E-state index in [0.29, 0.717) is 22.9 Å². The van der Waals surface area contributed by atoms with Gasteiger partial charge in [0.2, 0.25) is 0 Å². The van der Waals surface area contributed by atoms with E-state index in [0.717, 1.165) is 30.8 Å². The Morgan fingerprint density at radius 3 is 2.59 bits per heavy atom. The summed E-state index contributed by atoms with van der Waals surface area (Å²) in [4.78, 5) is 4.71. The predicted molar refractivity (Wildman–Crippen MR) is 106 cm³/mol. The highest BCUT2D eigenvalue weighted by Gasteiger charge is 2.46. The molecule has 0 radical (unpaired) electrons. The van der Waals surface area contributed by atoms with Gasteiger partial charge in [-0.25, -0.2) is 0 Å². The van der Waals surface area contributed by atoms with E-state index < -0.39 is 0 Å². The van der Waals surface area contributed by atoms with Crippen LogP contribution in [0.1, 0.15) is 43.0 Å². The molecule has 0 bridgehead atoms. The fourth-order valence-corrected chi connectivity index (χ4v) is 4.30. The summed E-state index contributed by atoms with van der Waals surface area (Å²) in [6, 6.07) is 18.9. The summed E-state index contributed by atoms with van der Waals surface area (Å²) in [5.74, 6) is 1.95. The summed E-state index contributed by atoms with van der Waals surface area (Å²) in [5, 5.41) is 8.71. The SMILES string of the molecule is Clc1ccccc1-c1nc(C2(CNC3CC3c3ccccc3)CCC2)no1. The van der Waals surface area contributed by atoms with Crippen molar-refractivity contribution < 1.29 is 4.52 Å². The average molecular weight is 380 g/mol. The van der Waals surface area contributed by atoms with Crippen LogP contribution in [0.4, 0.5) is 0 Å². The van der Waals surface area contributed by atoms with Crippen LogP contribution in [0, 0.1) is 0 Å². The molecule has 0 spiro atoms. The zero-order chi connectivity index (χ0) is 18.3. The number of nitrogens with zero attached hydrogens (tertiary/aromatic N) is 2. The molecule has 1 heterocycles. The minimum Gasteiger partial charge on any atom is -0.334 e. The van der Waals surface area contributed by atoms with Crippen LogP contribution < -0.4 is 5.32 Å². The van der Waals surface area contributed by atoms with Gasteiger partial charge in [-0.15, -0.1) is 0 Å². The summed E-state index contributed by atoms with van der Waals surface area (Å²) >= 11 is 6.28. The van der Waals surface area contributed by atoms with E-state index in [-0.39, 0.29) is 5.41 Å². The Hall–Kier alpha value is -2.17. The third kappa shape index (κ3) is 3.17. The first kappa shape index (κ1) is 17.0. The number of benzene rings is 2. The lowest BCUT2D eigenvalue weighted by molar-refractivity contribution is 0.211. The van der Waals surface area contributed by atoms with Crippen LogP contribution in [-0.4, -0.2) is 22.7 Å². The highest BCUT2D eigenvalue weighted by molar-refractivity contribution is 6.33. The van der Waals surface area contributed by atoms with E-state index in [1.165, 1.54) is 18.4 Å². The molecule has 1 aromatic heterocycles. The van der Waals surface area contributed by atoms with Gasteiger partial charge >= 0.3 is 0 Å². The molecular formula is C22H22ClN3O. The van der Waals surface area contributed by atoms with Gasteiger partial charge in [0.1, 0.15) is 0 Å². The van der Waals surface area contributed by atoms with Crippen molar-refractivity contribution >= 4 is 11.6 Å². The van der Waals surface area contributed by atoms with Crippen LogP contribution in [0.25, 0.3) is 11.5 Å². The highest BCUT2D eigenvalue weighted by Crippen LogP contribution is 2.45. The molecular weight excluding hydrogens is 358 g/mol. The second kappa shape index (κ2) is 6.77.